The van der Waals surface area contributed by atoms with Crippen molar-refractivity contribution in [2.45, 2.75) is 13.1 Å². The van der Waals surface area contributed by atoms with E-state index in [4.69, 9.17) is 4.74 Å². The maximum atomic E-state index is 5.28. The summed E-state index contributed by atoms with van der Waals surface area (Å²) in [7, 11) is 1.66. The standard InChI is InChI=1S/C10H12BrN5O/c1-17-9-3-2-8(11)4-7(9)5-12-6-10-13-15-16-14-10/h2-4,12H,5-6H2,1H3,(H,13,14,15,16). The Balaban J connectivity index is 1.96. The minimum Gasteiger partial charge on any atom is -0.496 e. The highest BCUT2D eigenvalue weighted by molar-refractivity contribution is 9.10. The highest BCUT2D eigenvalue weighted by atomic mass is 79.9. The number of rotatable bonds is 5. The number of H-pyrrole nitrogens is 1. The van der Waals surface area contributed by atoms with Crippen LogP contribution in [0.3, 0.4) is 0 Å². The van der Waals surface area contributed by atoms with Crippen LogP contribution in [0.1, 0.15) is 11.4 Å². The van der Waals surface area contributed by atoms with Gasteiger partial charge in [-0.2, -0.15) is 5.21 Å². The number of tetrazole rings is 1. The summed E-state index contributed by atoms with van der Waals surface area (Å²) < 4.78 is 6.30. The summed E-state index contributed by atoms with van der Waals surface area (Å²) in [6.45, 7) is 1.24. The average Bonchev–Trinajstić information content (AvgIpc) is 2.82. The summed E-state index contributed by atoms with van der Waals surface area (Å²) in [5.41, 5.74) is 1.07. The molecule has 6 nitrogen and oxygen atoms in total. The zero-order chi connectivity index (χ0) is 12.1. The van der Waals surface area contributed by atoms with E-state index in [-0.39, 0.29) is 0 Å². The number of aromatic nitrogens is 4. The van der Waals surface area contributed by atoms with Gasteiger partial charge >= 0.3 is 0 Å². The van der Waals surface area contributed by atoms with Crippen LogP contribution in [0.25, 0.3) is 0 Å². The van der Waals surface area contributed by atoms with Crippen molar-refractivity contribution >= 4 is 15.9 Å². The van der Waals surface area contributed by atoms with Crippen molar-refractivity contribution in [3.63, 3.8) is 0 Å². The number of nitrogens with one attached hydrogen (secondary N) is 2. The van der Waals surface area contributed by atoms with Crippen molar-refractivity contribution in [2.24, 2.45) is 0 Å². The molecule has 0 saturated heterocycles. The van der Waals surface area contributed by atoms with Crippen LogP contribution in [0, 0.1) is 0 Å². The van der Waals surface area contributed by atoms with Gasteiger partial charge in [0.25, 0.3) is 0 Å². The Morgan fingerprint density at radius 3 is 3.00 bits per heavy atom. The normalized spacial score (nSPS) is 10.5. The molecule has 0 aliphatic rings. The van der Waals surface area contributed by atoms with Crippen molar-refractivity contribution < 1.29 is 4.74 Å². The van der Waals surface area contributed by atoms with E-state index < -0.39 is 0 Å². The Morgan fingerprint density at radius 2 is 2.29 bits per heavy atom. The first-order valence-corrected chi connectivity index (χ1v) is 5.84. The van der Waals surface area contributed by atoms with Gasteiger partial charge in [0.05, 0.1) is 13.7 Å². The zero-order valence-electron chi connectivity index (χ0n) is 9.27. The molecule has 0 unspecified atom stereocenters. The van der Waals surface area contributed by atoms with Gasteiger partial charge in [0.15, 0.2) is 5.82 Å². The molecule has 0 atom stereocenters. The quantitative estimate of drug-likeness (QED) is 0.869. The lowest BCUT2D eigenvalue weighted by atomic mass is 10.2. The molecule has 90 valence electrons. The van der Waals surface area contributed by atoms with E-state index in [2.05, 4.69) is 41.9 Å². The van der Waals surface area contributed by atoms with Crippen LogP contribution in [0.5, 0.6) is 5.75 Å². The topological polar surface area (TPSA) is 75.7 Å². The molecule has 1 heterocycles. The largest absolute Gasteiger partial charge is 0.496 e. The SMILES string of the molecule is COc1ccc(Br)cc1CNCc1nn[nH]n1. The minimum atomic E-state index is 0.562. The molecule has 2 N–H and O–H groups in total. The van der Waals surface area contributed by atoms with Crippen molar-refractivity contribution in [3.8, 4) is 5.75 Å². The van der Waals surface area contributed by atoms with Gasteiger partial charge in [-0.25, -0.2) is 0 Å². The van der Waals surface area contributed by atoms with E-state index in [1.165, 1.54) is 0 Å². The first-order valence-electron chi connectivity index (χ1n) is 5.05. The molecule has 7 heteroatoms. The second-order valence-electron chi connectivity index (χ2n) is 3.39. The summed E-state index contributed by atoms with van der Waals surface area (Å²) in [5.74, 6) is 1.49. The van der Waals surface area contributed by atoms with Crippen LogP contribution >= 0.6 is 15.9 Å². The van der Waals surface area contributed by atoms with E-state index in [9.17, 15) is 0 Å². The smallest absolute Gasteiger partial charge is 0.188 e. The molecule has 2 rings (SSSR count). The van der Waals surface area contributed by atoms with Gasteiger partial charge in [0, 0.05) is 16.6 Å². The van der Waals surface area contributed by atoms with Gasteiger partial charge < -0.3 is 10.1 Å². The molecule has 0 saturated carbocycles. The summed E-state index contributed by atoms with van der Waals surface area (Å²) in [6, 6.07) is 5.89. The van der Waals surface area contributed by atoms with Gasteiger partial charge in [0.2, 0.25) is 0 Å². The first-order chi connectivity index (χ1) is 8.29. The van der Waals surface area contributed by atoms with Crippen molar-refractivity contribution in [2.75, 3.05) is 7.11 Å². The first kappa shape index (κ1) is 12.0. The molecule has 2 aromatic rings. The number of ether oxygens (including phenoxy) is 1. The maximum absolute atomic E-state index is 5.28. The number of benzene rings is 1. The molecule has 0 aliphatic carbocycles. The molecule has 0 spiro atoms. The zero-order valence-corrected chi connectivity index (χ0v) is 10.9. The fraction of sp³-hybridized carbons (Fsp3) is 0.300. The number of aromatic amines is 1. The Bertz CT molecular complexity index is 474. The van der Waals surface area contributed by atoms with Crippen LogP contribution in [0.2, 0.25) is 0 Å². The molecule has 0 aliphatic heterocycles. The minimum absolute atomic E-state index is 0.562. The van der Waals surface area contributed by atoms with E-state index in [1.54, 1.807) is 7.11 Å². The van der Waals surface area contributed by atoms with E-state index in [0.29, 0.717) is 18.9 Å². The monoisotopic (exact) mass is 297 g/mol. The molecule has 0 radical (unpaired) electrons. The highest BCUT2D eigenvalue weighted by Crippen LogP contribution is 2.22. The molecule has 0 bridgehead atoms. The van der Waals surface area contributed by atoms with Gasteiger partial charge in [0.1, 0.15) is 5.75 Å². The predicted molar refractivity (Wildman–Crippen MR) is 65.4 cm³/mol. The number of hydrogen-bond acceptors (Lipinski definition) is 5. The summed E-state index contributed by atoms with van der Waals surface area (Å²) >= 11 is 3.43. The maximum Gasteiger partial charge on any atom is 0.188 e. The van der Waals surface area contributed by atoms with E-state index in [1.807, 2.05) is 18.2 Å². The van der Waals surface area contributed by atoms with Gasteiger partial charge in [-0.3, -0.25) is 0 Å². The molecule has 0 amide bonds. The van der Waals surface area contributed by atoms with Crippen LogP contribution in [0.4, 0.5) is 0 Å². The van der Waals surface area contributed by atoms with Crippen molar-refractivity contribution in [1.82, 2.24) is 25.9 Å². The number of nitrogens with zero attached hydrogens (tertiary/aromatic N) is 3. The number of halogens is 1. The molecular weight excluding hydrogens is 286 g/mol. The third kappa shape index (κ3) is 3.24. The fourth-order valence-corrected chi connectivity index (χ4v) is 1.86. The fourth-order valence-electron chi connectivity index (χ4n) is 1.45. The second-order valence-corrected chi connectivity index (χ2v) is 4.30. The average molecular weight is 298 g/mol. The van der Waals surface area contributed by atoms with Gasteiger partial charge in [-0.05, 0) is 18.2 Å². The highest BCUT2D eigenvalue weighted by Gasteiger charge is 2.04. The molecule has 17 heavy (non-hydrogen) atoms. The lowest BCUT2D eigenvalue weighted by Crippen LogP contribution is -2.14. The third-order valence-electron chi connectivity index (χ3n) is 2.23. The Labute approximate surface area is 107 Å². The van der Waals surface area contributed by atoms with Crippen LogP contribution < -0.4 is 10.1 Å². The summed E-state index contributed by atoms with van der Waals surface area (Å²) in [4.78, 5) is 0. The van der Waals surface area contributed by atoms with Gasteiger partial charge in [-0.1, -0.05) is 21.1 Å². The van der Waals surface area contributed by atoms with E-state index in [0.717, 1.165) is 15.8 Å². The van der Waals surface area contributed by atoms with Crippen LogP contribution in [0.15, 0.2) is 22.7 Å². The molecule has 1 aromatic heterocycles. The van der Waals surface area contributed by atoms with Crippen molar-refractivity contribution in [1.29, 1.82) is 0 Å². The second kappa shape index (κ2) is 5.74. The molecule has 1 aromatic carbocycles. The Hall–Kier alpha value is -1.47. The van der Waals surface area contributed by atoms with Crippen molar-refractivity contribution in [3.05, 3.63) is 34.1 Å². The number of hydrogen-bond donors (Lipinski definition) is 2. The molecular formula is C10H12BrN5O. The van der Waals surface area contributed by atoms with Crippen LogP contribution in [-0.4, -0.2) is 27.7 Å². The lowest BCUT2D eigenvalue weighted by molar-refractivity contribution is 0.407. The molecule has 0 fully saturated rings. The summed E-state index contributed by atoms with van der Waals surface area (Å²) in [5, 5.41) is 16.8. The lowest BCUT2D eigenvalue weighted by Gasteiger charge is -2.09. The summed E-state index contributed by atoms with van der Waals surface area (Å²) in [6.07, 6.45) is 0. The Morgan fingerprint density at radius 1 is 1.41 bits per heavy atom. The van der Waals surface area contributed by atoms with E-state index >= 15 is 0 Å². The Kier molecular flexibility index (Phi) is 4.05. The third-order valence-corrected chi connectivity index (χ3v) is 2.72. The van der Waals surface area contributed by atoms with Gasteiger partial charge in [-0.15, -0.1) is 10.2 Å². The van der Waals surface area contributed by atoms with Crippen LogP contribution in [-0.2, 0) is 13.1 Å². The predicted octanol–water partition coefficient (Wildman–Crippen LogP) is 1.26. The number of methoxy groups -OCH3 is 1.